The topological polar surface area (TPSA) is 171 Å². The van der Waals surface area contributed by atoms with Gasteiger partial charge in [-0.15, -0.1) is 0 Å². The van der Waals surface area contributed by atoms with Crippen molar-refractivity contribution in [1.29, 1.82) is 0 Å². The molecule has 5 unspecified atom stereocenters. The van der Waals surface area contributed by atoms with E-state index in [4.69, 9.17) is 10.2 Å². The van der Waals surface area contributed by atoms with Crippen molar-refractivity contribution in [2.75, 3.05) is 0 Å². The number of aliphatic hydroxyl groups excluding tert-OH is 3. The molecule has 108 valence electrons. The van der Waals surface area contributed by atoms with Gasteiger partial charge in [-0.25, -0.2) is 4.79 Å². The Morgan fingerprint density at radius 1 is 1.00 bits per heavy atom. The van der Waals surface area contributed by atoms with E-state index >= 15 is 0 Å². The van der Waals surface area contributed by atoms with Gasteiger partial charge in [-0.3, -0.25) is 9.59 Å². The summed E-state index contributed by atoms with van der Waals surface area (Å²) >= 11 is 0. The second kappa shape index (κ2) is 5.93. The Labute approximate surface area is 105 Å². The van der Waals surface area contributed by atoms with E-state index in [9.17, 15) is 29.7 Å². The lowest BCUT2D eigenvalue weighted by Gasteiger charge is -2.37. The summed E-state index contributed by atoms with van der Waals surface area (Å²) in [4.78, 5) is 32.0. The third-order valence-electron chi connectivity index (χ3n) is 2.36. The lowest BCUT2D eigenvalue weighted by atomic mass is 9.99. The zero-order valence-corrected chi connectivity index (χ0v) is 9.37. The Morgan fingerprint density at radius 3 is 2.05 bits per heavy atom. The maximum Gasteiger partial charge on any atom is 0.335 e. The predicted octanol–water partition coefficient (Wildman–Crippen LogP) is -3.10. The van der Waals surface area contributed by atoms with Crippen LogP contribution in [0.25, 0.3) is 0 Å². The second-order valence-corrected chi connectivity index (χ2v) is 3.80. The smallest absolute Gasteiger partial charge is 0.335 e. The molecule has 1 heterocycles. The molecule has 1 rings (SSSR count). The molecule has 0 aromatic rings. The summed E-state index contributed by atoms with van der Waals surface area (Å²) in [5.41, 5.74) is 0. The van der Waals surface area contributed by atoms with E-state index in [-0.39, 0.29) is 0 Å². The van der Waals surface area contributed by atoms with Gasteiger partial charge in [0.2, 0.25) is 6.29 Å². The number of carbonyl (C=O) groups excluding carboxylic acids is 1. The number of aliphatic hydroxyl groups is 3. The fraction of sp³-hybridized carbons (Fsp3) is 0.667. The molecule has 0 saturated carbocycles. The number of hydrogen-bond donors (Lipinski definition) is 5. The van der Waals surface area contributed by atoms with Gasteiger partial charge in [0.15, 0.2) is 6.10 Å². The average molecular weight is 280 g/mol. The highest BCUT2D eigenvalue weighted by atomic mass is 16.7. The second-order valence-electron chi connectivity index (χ2n) is 3.80. The molecule has 5 N–H and O–H groups in total. The van der Waals surface area contributed by atoms with Gasteiger partial charge in [0.25, 0.3) is 0 Å². The highest BCUT2D eigenvalue weighted by Crippen LogP contribution is 2.22. The van der Waals surface area contributed by atoms with E-state index in [0.29, 0.717) is 0 Å². The van der Waals surface area contributed by atoms with Crippen molar-refractivity contribution in [2.24, 2.45) is 0 Å². The van der Waals surface area contributed by atoms with Crippen molar-refractivity contribution < 1.29 is 49.4 Å². The van der Waals surface area contributed by atoms with Crippen molar-refractivity contribution in [3.63, 3.8) is 0 Å². The standard InChI is InChI=1S/C9H12O10/c10-2(11)1-3(12)18-9-6(15)4(13)5(14)7(19-9)8(16)17/h4-7,9,13-15H,1H2,(H,10,11)(H,16,17). The minimum absolute atomic E-state index is 1.02. The number of ether oxygens (including phenoxy) is 2. The van der Waals surface area contributed by atoms with Gasteiger partial charge in [0.05, 0.1) is 0 Å². The van der Waals surface area contributed by atoms with E-state index in [1.807, 2.05) is 0 Å². The number of hydrogen-bond acceptors (Lipinski definition) is 8. The van der Waals surface area contributed by atoms with Crippen LogP contribution >= 0.6 is 0 Å². The van der Waals surface area contributed by atoms with Crippen molar-refractivity contribution in [1.82, 2.24) is 0 Å². The van der Waals surface area contributed by atoms with Crippen LogP contribution in [0.15, 0.2) is 0 Å². The summed E-state index contributed by atoms with van der Waals surface area (Å²) in [5.74, 6) is -4.42. The average Bonchev–Trinajstić information content (AvgIpc) is 2.28. The first kappa shape index (κ1) is 15.3. The highest BCUT2D eigenvalue weighted by Gasteiger charge is 2.48. The van der Waals surface area contributed by atoms with Crippen molar-refractivity contribution in [3.8, 4) is 0 Å². The lowest BCUT2D eigenvalue weighted by molar-refractivity contribution is -0.286. The Bertz CT molecular complexity index is 379. The molecule has 0 spiro atoms. The first-order valence-electron chi connectivity index (χ1n) is 5.07. The van der Waals surface area contributed by atoms with Crippen molar-refractivity contribution in [3.05, 3.63) is 0 Å². The van der Waals surface area contributed by atoms with E-state index in [1.165, 1.54) is 0 Å². The van der Waals surface area contributed by atoms with Gasteiger partial charge in [-0.05, 0) is 0 Å². The summed E-state index contributed by atoms with van der Waals surface area (Å²) < 4.78 is 8.99. The van der Waals surface area contributed by atoms with Crippen LogP contribution in [0.1, 0.15) is 6.42 Å². The third-order valence-corrected chi connectivity index (χ3v) is 2.36. The molecule has 1 aliphatic rings. The summed E-state index contributed by atoms with van der Waals surface area (Å²) in [6, 6.07) is 0. The first-order valence-corrected chi connectivity index (χ1v) is 5.07. The van der Waals surface area contributed by atoms with Gasteiger partial charge < -0.3 is 35.0 Å². The van der Waals surface area contributed by atoms with Crippen LogP contribution in [0.2, 0.25) is 0 Å². The van der Waals surface area contributed by atoms with Crippen molar-refractivity contribution in [2.45, 2.75) is 37.1 Å². The number of esters is 1. The molecule has 0 radical (unpaired) electrons. The largest absolute Gasteiger partial charge is 0.481 e. The molecule has 1 aliphatic heterocycles. The molecule has 1 saturated heterocycles. The van der Waals surface area contributed by atoms with Crippen LogP contribution in [0.3, 0.4) is 0 Å². The number of carbonyl (C=O) groups is 3. The minimum atomic E-state index is -1.92. The zero-order valence-electron chi connectivity index (χ0n) is 9.37. The van der Waals surface area contributed by atoms with Crippen LogP contribution in [0.4, 0.5) is 0 Å². The molecule has 5 atom stereocenters. The summed E-state index contributed by atoms with van der Waals surface area (Å²) in [5, 5.41) is 45.2. The lowest BCUT2D eigenvalue weighted by Crippen LogP contribution is -2.60. The normalized spacial score (nSPS) is 34.6. The van der Waals surface area contributed by atoms with Gasteiger partial charge in [-0.1, -0.05) is 0 Å². The SMILES string of the molecule is O=C(O)CC(=O)OC1OC(C(=O)O)C(O)C(O)C1O. The quantitative estimate of drug-likeness (QED) is 0.262. The van der Waals surface area contributed by atoms with Gasteiger partial charge in [0.1, 0.15) is 24.7 Å². The first-order chi connectivity index (χ1) is 8.73. The van der Waals surface area contributed by atoms with Gasteiger partial charge in [-0.2, -0.15) is 0 Å². The molecule has 10 heteroatoms. The number of carboxylic acid groups (broad SMARTS) is 2. The van der Waals surface area contributed by atoms with Crippen molar-refractivity contribution >= 4 is 17.9 Å². The van der Waals surface area contributed by atoms with Crippen LogP contribution in [-0.4, -0.2) is 74.1 Å². The predicted molar refractivity (Wildman–Crippen MR) is 52.7 cm³/mol. The van der Waals surface area contributed by atoms with E-state index < -0.39 is 55.0 Å². The molecule has 0 amide bonds. The fourth-order valence-corrected chi connectivity index (χ4v) is 1.44. The van der Waals surface area contributed by atoms with Crippen LogP contribution in [-0.2, 0) is 23.9 Å². The van der Waals surface area contributed by atoms with Crippen LogP contribution < -0.4 is 0 Å². The Balaban J connectivity index is 2.74. The maximum absolute atomic E-state index is 11.0. The minimum Gasteiger partial charge on any atom is -0.481 e. The summed E-state index contributed by atoms with van der Waals surface area (Å²) in [6.07, 6.45) is -10.6. The van der Waals surface area contributed by atoms with Crippen LogP contribution in [0.5, 0.6) is 0 Å². The molecular weight excluding hydrogens is 268 g/mol. The Hall–Kier alpha value is -1.75. The van der Waals surface area contributed by atoms with Crippen LogP contribution in [0, 0.1) is 0 Å². The number of rotatable bonds is 4. The Morgan fingerprint density at radius 2 is 1.58 bits per heavy atom. The molecular formula is C9H12O10. The van der Waals surface area contributed by atoms with E-state index in [2.05, 4.69) is 9.47 Å². The Kier molecular flexibility index (Phi) is 4.78. The summed E-state index contributed by atoms with van der Waals surface area (Å²) in [6.45, 7) is 0. The van der Waals surface area contributed by atoms with Gasteiger partial charge >= 0.3 is 17.9 Å². The molecule has 0 bridgehead atoms. The number of carboxylic acids is 2. The molecule has 0 aromatic heterocycles. The van der Waals surface area contributed by atoms with E-state index in [1.54, 1.807) is 0 Å². The molecule has 10 nitrogen and oxygen atoms in total. The summed E-state index contributed by atoms with van der Waals surface area (Å²) in [7, 11) is 0. The molecule has 1 fully saturated rings. The third kappa shape index (κ3) is 3.61. The molecule has 0 aliphatic carbocycles. The molecule has 19 heavy (non-hydrogen) atoms. The number of aliphatic carboxylic acids is 2. The molecule has 0 aromatic carbocycles. The zero-order chi connectivity index (χ0) is 14.7. The maximum atomic E-state index is 11.0. The fourth-order valence-electron chi connectivity index (χ4n) is 1.44. The highest BCUT2D eigenvalue weighted by molar-refractivity contribution is 5.90. The van der Waals surface area contributed by atoms with E-state index in [0.717, 1.165) is 0 Å². The monoisotopic (exact) mass is 280 g/mol. The van der Waals surface area contributed by atoms with Gasteiger partial charge in [0, 0.05) is 0 Å².